The number of nitrogens with zero attached hydrogens (tertiary/aromatic N) is 1. The van der Waals surface area contributed by atoms with E-state index in [-0.39, 0.29) is 11.5 Å². The topological polar surface area (TPSA) is 63.4 Å². The van der Waals surface area contributed by atoms with Crippen LogP contribution in [0.25, 0.3) is 0 Å². The minimum absolute atomic E-state index is 0.108. The van der Waals surface area contributed by atoms with Crippen LogP contribution in [0.3, 0.4) is 0 Å². The molecular formula is C15H26N2O2S. The maximum Gasteiger partial charge on any atom is 0.243 e. The molecule has 0 fully saturated rings. The van der Waals surface area contributed by atoms with Gasteiger partial charge in [-0.2, -0.15) is 4.31 Å². The molecule has 1 aromatic rings. The zero-order chi connectivity index (χ0) is 15.9. The summed E-state index contributed by atoms with van der Waals surface area (Å²) in [6.45, 7) is 11.6. The Labute approximate surface area is 123 Å². The second-order valence-corrected chi connectivity index (χ2v) is 8.48. The molecule has 0 bridgehead atoms. The Morgan fingerprint density at radius 1 is 1.15 bits per heavy atom. The molecule has 0 aliphatic rings. The first-order valence-corrected chi connectivity index (χ1v) is 8.17. The van der Waals surface area contributed by atoms with Gasteiger partial charge in [-0.1, -0.05) is 20.8 Å². The molecule has 114 valence electrons. The van der Waals surface area contributed by atoms with E-state index in [2.05, 4.69) is 0 Å². The van der Waals surface area contributed by atoms with E-state index in [1.165, 1.54) is 4.31 Å². The van der Waals surface area contributed by atoms with E-state index in [0.717, 1.165) is 0 Å². The Balaban J connectivity index is 3.39. The van der Waals surface area contributed by atoms with E-state index in [0.29, 0.717) is 21.7 Å². The molecule has 0 saturated heterocycles. The van der Waals surface area contributed by atoms with Crippen LogP contribution in [0.15, 0.2) is 17.0 Å². The van der Waals surface area contributed by atoms with Gasteiger partial charge in [0.25, 0.3) is 0 Å². The quantitative estimate of drug-likeness (QED) is 0.873. The summed E-state index contributed by atoms with van der Waals surface area (Å²) in [4.78, 5) is 0.366. The smallest absolute Gasteiger partial charge is 0.243 e. The van der Waals surface area contributed by atoms with Gasteiger partial charge in [-0.15, -0.1) is 0 Å². The third-order valence-corrected chi connectivity index (χ3v) is 6.15. The molecule has 0 aliphatic heterocycles. The maximum atomic E-state index is 12.9. The molecule has 0 radical (unpaired) electrons. The van der Waals surface area contributed by atoms with Crippen molar-refractivity contribution in [3.63, 3.8) is 0 Å². The molecule has 5 heteroatoms. The summed E-state index contributed by atoms with van der Waals surface area (Å²) >= 11 is 0. The van der Waals surface area contributed by atoms with Gasteiger partial charge in [0.1, 0.15) is 0 Å². The molecule has 0 aromatic heterocycles. The average Bonchev–Trinajstić information content (AvgIpc) is 2.23. The molecule has 0 spiro atoms. The number of rotatable bonds is 3. The predicted molar refractivity (Wildman–Crippen MR) is 84.2 cm³/mol. The normalized spacial score (nSPS) is 14.6. The Morgan fingerprint density at radius 2 is 1.55 bits per heavy atom. The molecule has 0 heterocycles. The number of benzene rings is 1. The molecule has 1 aromatic carbocycles. The first-order valence-electron chi connectivity index (χ1n) is 6.73. The molecule has 0 amide bonds. The summed E-state index contributed by atoms with van der Waals surface area (Å²) in [6, 6.07) is 3.30. The standard InChI is InChI=1S/C15H26N2O2S/c1-10-8-13(16)9-11(2)14(10)20(18,19)17(7)12(3)15(4,5)6/h8-9,12H,16H2,1-7H3. The minimum Gasteiger partial charge on any atom is -0.399 e. The third kappa shape index (κ3) is 3.15. The lowest BCUT2D eigenvalue weighted by Crippen LogP contribution is -2.43. The van der Waals surface area contributed by atoms with Gasteiger partial charge < -0.3 is 5.73 Å². The van der Waals surface area contributed by atoms with Crippen molar-refractivity contribution in [2.45, 2.75) is 52.5 Å². The lowest BCUT2D eigenvalue weighted by molar-refractivity contribution is 0.216. The van der Waals surface area contributed by atoms with Crippen LogP contribution in [-0.2, 0) is 10.0 Å². The largest absolute Gasteiger partial charge is 0.399 e. The molecule has 0 saturated carbocycles. The summed E-state index contributed by atoms with van der Waals surface area (Å²) in [6.07, 6.45) is 0. The summed E-state index contributed by atoms with van der Waals surface area (Å²) in [7, 11) is -1.88. The highest BCUT2D eigenvalue weighted by Crippen LogP contribution is 2.31. The molecule has 1 atom stereocenters. The van der Waals surface area contributed by atoms with E-state index in [4.69, 9.17) is 5.73 Å². The molecule has 4 nitrogen and oxygen atoms in total. The zero-order valence-corrected chi connectivity index (χ0v) is 14.3. The maximum absolute atomic E-state index is 12.9. The number of nitrogen functional groups attached to an aromatic ring is 1. The minimum atomic E-state index is -3.52. The number of nitrogens with two attached hydrogens (primary N) is 1. The fourth-order valence-electron chi connectivity index (χ4n) is 2.29. The van der Waals surface area contributed by atoms with Gasteiger partial charge in [0.2, 0.25) is 10.0 Å². The Bertz CT molecular complexity index is 578. The lowest BCUT2D eigenvalue weighted by atomic mass is 9.88. The molecular weight excluding hydrogens is 272 g/mol. The highest BCUT2D eigenvalue weighted by atomic mass is 32.2. The molecule has 1 unspecified atom stereocenters. The number of hydrogen-bond acceptors (Lipinski definition) is 3. The van der Waals surface area contributed by atoms with E-state index >= 15 is 0 Å². The molecule has 1 rings (SSSR count). The Hall–Kier alpha value is -1.07. The van der Waals surface area contributed by atoms with Gasteiger partial charge >= 0.3 is 0 Å². The first-order chi connectivity index (χ1) is 8.89. The highest BCUT2D eigenvalue weighted by Gasteiger charge is 2.34. The summed E-state index contributed by atoms with van der Waals surface area (Å²) in [5.74, 6) is 0. The van der Waals surface area contributed by atoms with Gasteiger partial charge in [0.05, 0.1) is 4.90 Å². The first kappa shape index (κ1) is 17.0. The van der Waals surface area contributed by atoms with Crippen LogP contribution in [-0.4, -0.2) is 25.8 Å². The zero-order valence-electron chi connectivity index (χ0n) is 13.5. The van der Waals surface area contributed by atoms with Crippen molar-refractivity contribution in [3.05, 3.63) is 23.3 Å². The average molecular weight is 298 g/mol. The van der Waals surface area contributed by atoms with Gasteiger partial charge in [-0.3, -0.25) is 0 Å². The van der Waals surface area contributed by atoms with Crippen LogP contribution in [0.5, 0.6) is 0 Å². The van der Waals surface area contributed by atoms with E-state index in [1.807, 2.05) is 27.7 Å². The van der Waals surface area contributed by atoms with Crippen LogP contribution in [0.2, 0.25) is 0 Å². The predicted octanol–water partition coefficient (Wildman–Crippen LogP) is 2.94. The van der Waals surface area contributed by atoms with Crippen LogP contribution in [0, 0.1) is 19.3 Å². The monoisotopic (exact) mass is 298 g/mol. The van der Waals surface area contributed by atoms with Gasteiger partial charge in [0, 0.05) is 18.8 Å². The molecule has 0 aliphatic carbocycles. The van der Waals surface area contributed by atoms with Crippen LogP contribution < -0.4 is 5.73 Å². The summed E-state index contributed by atoms with van der Waals surface area (Å²) < 4.78 is 27.2. The fraction of sp³-hybridized carbons (Fsp3) is 0.600. The van der Waals surface area contributed by atoms with Gasteiger partial charge in [0.15, 0.2) is 0 Å². The third-order valence-electron chi connectivity index (χ3n) is 3.92. The number of aryl methyl sites for hydroxylation is 2. The highest BCUT2D eigenvalue weighted by molar-refractivity contribution is 7.89. The van der Waals surface area contributed by atoms with E-state index in [9.17, 15) is 8.42 Å². The Kier molecular flexibility index (Phi) is 4.56. The van der Waals surface area contributed by atoms with Crippen molar-refractivity contribution in [2.24, 2.45) is 5.41 Å². The Morgan fingerprint density at radius 3 is 1.90 bits per heavy atom. The second kappa shape index (κ2) is 5.37. The van der Waals surface area contributed by atoms with Gasteiger partial charge in [-0.25, -0.2) is 8.42 Å². The SMILES string of the molecule is Cc1cc(N)cc(C)c1S(=O)(=O)N(C)C(C)C(C)(C)C. The van der Waals surface area contributed by atoms with Gasteiger partial charge in [-0.05, 0) is 49.4 Å². The lowest BCUT2D eigenvalue weighted by Gasteiger charge is -2.35. The van der Waals surface area contributed by atoms with Crippen LogP contribution >= 0.6 is 0 Å². The van der Waals surface area contributed by atoms with Crippen molar-refractivity contribution >= 4 is 15.7 Å². The van der Waals surface area contributed by atoms with Crippen molar-refractivity contribution in [1.82, 2.24) is 4.31 Å². The van der Waals surface area contributed by atoms with E-state index < -0.39 is 10.0 Å². The van der Waals surface area contributed by atoms with Crippen molar-refractivity contribution in [1.29, 1.82) is 0 Å². The number of hydrogen-bond donors (Lipinski definition) is 1. The number of anilines is 1. The van der Waals surface area contributed by atoms with Crippen LogP contribution in [0.4, 0.5) is 5.69 Å². The van der Waals surface area contributed by atoms with E-state index in [1.54, 1.807) is 33.0 Å². The summed E-state index contributed by atoms with van der Waals surface area (Å²) in [5, 5.41) is 0. The number of sulfonamides is 1. The van der Waals surface area contributed by atoms with Crippen molar-refractivity contribution in [2.75, 3.05) is 12.8 Å². The summed E-state index contributed by atoms with van der Waals surface area (Å²) in [5.41, 5.74) is 7.61. The molecule has 2 N–H and O–H groups in total. The van der Waals surface area contributed by atoms with Crippen LogP contribution in [0.1, 0.15) is 38.8 Å². The molecule has 20 heavy (non-hydrogen) atoms. The van der Waals surface area contributed by atoms with Crippen molar-refractivity contribution in [3.8, 4) is 0 Å². The van der Waals surface area contributed by atoms with Crippen molar-refractivity contribution < 1.29 is 8.42 Å². The fourth-order valence-corrected chi connectivity index (χ4v) is 4.24. The second-order valence-electron chi connectivity index (χ2n) is 6.55.